The molecule has 21 heteroatoms. The first-order chi connectivity index (χ1) is 48.0. The van der Waals surface area contributed by atoms with Gasteiger partial charge in [0.15, 0.2) is 16.7 Å². The molecular weight excluding hydrogens is 1300 g/mol. The van der Waals surface area contributed by atoms with Gasteiger partial charge in [0, 0.05) is 61.3 Å². The lowest BCUT2D eigenvalue weighted by molar-refractivity contribution is 0.169. The second kappa shape index (κ2) is 34.4. The third kappa shape index (κ3) is 18.9. The standard InChI is InChI=1S/2C29H37N5O2.C21H31N3O2.2ClH/c2*1-32(2)19-26-28(35-20-22-6-7-22)11-9-25-27(31-36-29(25)26)10-8-21-13-16-33(17-14-21)18-24-5-3-4-23-12-15-30-34(23)24;1-24(2)13-18-20(25-14-16-3-4-16)8-6-17-19(23-26-21(17)18)7-5-15-9-11-22-12-10-15;;/h2*3-5,9,11-12,15,21-22H,6-8,10,13-14,16-20H2,1-2H3;6,8,15-16,22H,3-5,7,9-14H2,1-2H3;2*1H. The topological polar surface area (TPSA) is 169 Å². The average molecular weight is 1410 g/mol. The number of hydrogen-bond acceptors (Lipinski definition) is 17. The number of fused-ring (bicyclic) bond motifs is 5. The number of pyridine rings is 2. The summed E-state index contributed by atoms with van der Waals surface area (Å²) in [7, 11) is 12.5. The van der Waals surface area contributed by atoms with Crippen molar-refractivity contribution >= 4 is 68.8 Å². The Morgan fingerprint density at radius 2 is 0.750 bits per heavy atom. The molecule has 538 valence electrons. The molecule has 3 aliphatic heterocycles. The summed E-state index contributed by atoms with van der Waals surface area (Å²) in [5.74, 6) is 7.32. The number of nitrogens with zero attached hydrogens (tertiary/aromatic N) is 12. The molecule has 16 rings (SSSR count). The average Bonchev–Trinajstić information content (AvgIpc) is 1.61. The van der Waals surface area contributed by atoms with Crippen LogP contribution in [0.1, 0.15) is 141 Å². The number of hydrogen-bond donors (Lipinski definition) is 1. The summed E-state index contributed by atoms with van der Waals surface area (Å²) < 4.78 is 40.3. The number of piperidine rings is 3. The summed E-state index contributed by atoms with van der Waals surface area (Å²) >= 11 is 0. The molecule has 10 aromatic rings. The summed E-state index contributed by atoms with van der Waals surface area (Å²) in [5.41, 5.74) is 14.2. The van der Waals surface area contributed by atoms with Crippen LogP contribution in [-0.4, -0.2) is 161 Å². The van der Waals surface area contributed by atoms with Gasteiger partial charge in [-0.25, -0.2) is 9.03 Å². The van der Waals surface area contributed by atoms with E-state index in [-0.39, 0.29) is 24.8 Å². The Hall–Kier alpha value is -6.81. The van der Waals surface area contributed by atoms with Gasteiger partial charge in [-0.1, -0.05) is 27.6 Å². The number of aryl methyl sites for hydroxylation is 3. The van der Waals surface area contributed by atoms with Crippen LogP contribution in [0.3, 0.4) is 0 Å². The van der Waals surface area contributed by atoms with E-state index in [1.807, 2.05) is 12.4 Å². The fourth-order valence-corrected chi connectivity index (χ4v) is 14.9. The smallest absolute Gasteiger partial charge is 0.175 e. The molecule has 1 N–H and O–H groups in total. The normalized spacial score (nSPS) is 17.5. The van der Waals surface area contributed by atoms with Crippen molar-refractivity contribution in [2.45, 2.75) is 148 Å². The second-order valence-electron chi connectivity index (χ2n) is 30.2. The van der Waals surface area contributed by atoms with Crippen molar-refractivity contribution in [2.24, 2.45) is 35.5 Å². The first-order valence-electron chi connectivity index (χ1n) is 37.0. The van der Waals surface area contributed by atoms with Crippen LogP contribution >= 0.6 is 24.8 Å². The van der Waals surface area contributed by atoms with E-state index in [9.17, 15) is 0 Å². The molecule has 0 amide bonds. The van der Waals surface area contributed by atoms with Gasteiger partial charge in [-0.3, -0.25) is 9.80 Å². The summed E-state index contributed by atoms with van der Waals surface area (Å²) in [4.78, 5) is 11.6. The Morgan fingerprint density at radius 1 is 0.410 bits per heavy atom. The first kappa shape index (κ1) is 73.0. The minimum atomic E-state index is 0. The van der Waals surface area contributed by atoms with E-state index in [1.165, 1.54) is 94.9 Å². The maximum Gasteiger partial charge on any atom is 0.175 e. The summed E-state index contributed by atoms with van der Waals surface area (Å²) in [5, 5.41) is 29.4. The van der Waals surface area contributed by atoms with Gasteiger partial charge in [0.05, 0.1) is 76.0 Å². The molecule has 0 spiro atoms. The molecule has 19 nitrogen and oxygen atoms in total. The minimum Gasteiger partial charge on any atom is -0.493 e. The molecule has 100 heavy (non-hydrogen) atoms. The van der Waals surface area contributed by atoms with E-state index in [0.717, 1.165) is 254 Å². The molecule has 3 aliphatic carbocycles. The van der Waals surface area contributed by atoms with E-state index in [4.69, 9.17) is 27.8 Å². The van der Waals surface area contributed by atoms with Gasteiger partial charge >= 0.3 is 0 Å². The fourth-order valence-electron chi connectivity index (χ4n) is 14.9. The van der Waals surface area contributed by atoms with Crippen LogP contribution in [0.5, 0.6) is 17.2 Å². The monoisotopic (exact) mass is 1400 g/mol. The third-order valence-corrected chi connectivity index (χ3v) is 21.3. The van der Waals surface area contributed by atoms with E-state index in [2.05, 4.69) is 192 Å². The maximum absolute atomic E-state index is 6.18. The van der Waals surface area contributed by atoms with Crippen LogP contribution in [0.4, 0.5) is 0 Å². The highest BCUT2D eigenvalue weighted by atomic mass is 35.5. The van der Waals surface area contributed by atoms with Crippen LogP contribution in [0.15, 0.2) is 111 Å². The van der Waals surface area contributed by atoms with Crippen LogP contribution in [0, 0.1) is 35.5 Å². The van der Waals surface area contributed by atoms with Crippen molar-refractivity contribution in [1.82, 2.24) is 64.5 Å². The lowest BCUT2D eigenvalue weighted by atomic mass is 9.91. The predicted molar refractivity (Wildman–Crippen MR) is 400 cm³/mol. The molecular formula is C79H107Cl2N13O6. The molecule has 3 aromatic carbocycles. The molecule has 3 saturated heterocycles. The number of ether oxygens (including phenoxy) is 3. The van der Waals surface area contributed by atoms with Gasteiger partial charge in [0.25, 0.3) is 0 Å². The minimum absolute atomic E-state index is 0. The zero-order valence-electron chi connectivity index (χ0n) is 60.0. The van der Waals surface area contributed by atoms with Crippen molar-refractivity contribution in [2.75, 3.05) is 101 Å². The van der Waals surface area contributed by atoms with E-state index < -0.39 is 0 Å². The van der Waals surface area contributed by atoms with Gasteiger partial charge in [-0.2, -0.15) is 10.2 Å². The van der Waals surface area contributed by atoms with Gasteiger partial charge in [0.1, 0.15) is 17.2 Å². The second-order valence-corrected chi connectivity index (χ2v) is 30.2. The highest BCUT2D eigenvalue weighted by molar-refractivity contribution is 5.87. The highest BCUT2D eigenvalue weighted by Gasteiger charge is 2.29. The van der Waals surface area contributed by atoms with Crippen molar-refractivity contribution in [1.29, 1.82) is 0 Å². The zero-order valence-corrected chi connectivity index (χ0v) is 61.6. The number of nitrogens with one attached hydrogen (secondary N) is 1. The molecule has 0 bridgehead atoms. The SMILES string of the molecule is CN(C)Cc1c(OCC2CC2)ccc2c(CCC3CCN(Cc4cccc5ccnn45)CC3)noc12.CN(C)Cc1c(OCC2CC2)ccc2c(CCC3CCN(Cc4cccc5ccnn45)CC3)noc12.CN(C)Cc1c(OCC2CC2)ccc2c(CCC3CCNCC3)noc12.Cl.Cl. The Balaban J connectivity index is 0.000000143. The van der Waals surface area contributed by atoms with Crippen LogP contribution in [-0.2, 0) is 52.0 Å². The molecule has 7 aromatic heterocycles. The van der Waals surface area contributed by atoms with E-state index in [0.29, 0.717) is 0 Å². The number of rotatable bonds is 28. The highest BCUT2D eigenvalue weighted by Crippen LogP contribution is 2.39. The van der Waals surface area contributed by atoms with Crippen molar-refractivity contribution in [3.8, 4) is 17.2 Å². The number of likely N-dealkylation sites (tertiary alicyclic amines) is 2. The Labute approximate surface area is 602 Å². The molecule has 3 saturated carbocycles. The number of halogens is 2. The van der Waals surface area contributed by atoms with E-state index in [1.54, 1.807) is 0 Å². The third-order valence-electron chi connectivity index (χ3n) is 21.3. The fraction of sp³-hybridized carbons (Fsp3) is 0.557. The number of aromatic nitrogens is 7. The Kier molecular flexibility index (Phi) is 25.1. The quantitative estimate of drug-likeness (QED) is 0.0491. The summed E-state index contributed by atoms with van der Waals surface area (Å²) in [6.45, 7) is 13.6. The van der Waals surface area contributed by atoms with E-state index >= 15 is 0 Å². The molecule has 0 unspecified atom stereocenters. The van der Waals surface area contributed by atoms with Gasteiger partial charge in [-0.05, 0) is 305 Å². The van der Waals surface area contributed by atoms with Crippen LogP contribution < -0.4 is 19.5 Å². The molecule has 6 fully saturated rings. The summed E-state index contributed by atoms with van der Waals surface area (Å²) in [6, 6.07) is 29.8. The Morgan fingerprint density at radius 3 is 1.08 bits per heavy atom. The largest absolute Gasteiger partial charge is 0.493 e. The van der Waals surface area contributed by atoms with Crippen molar-refractivity contribution < 1.29 is 27.8 Å². The lowest BCUT2D eigenvalue weighted by Gasteiger charge is -2.31. The predicted octanol–water partition coefficient (Wildman–Crippen LogP) is 14.8. The number of benzene rings is 3. The van der Waals surface area contributed by atoms with Crippen LogP contribution in [0.2, 0.25) is 0 Å². The zero-order chi connectivity index (χ0) is 66.9. The molecule has 0 atom stereocenters. The van der Waals surface area contributed by atoms with Crippen LogP contribution in [0.25, 0.3) is 43.9 Å². The first-order valence-corrected chi connectivity index (χ1v) is 37.0. The molecule has 6 aliphatic rings. The Bertz CT molecular complexity index is 4000. The summed E-state index contributed by atoms with van der Waals surface area (Å²) in [6.07, 6.45) is 25.5. The van der Waals surface area contributed by atoms with Gasteiger partial charge < -0.3 is 47.8 Å². The maximum atomic E-state index is 6.18. The van der Waals surface area contributed by atoms with Gasteiger partial charge in [-0.15, -0.1) is 24.8 Å². The molecule has 10 heterocycles. The van der Waals surface area contributed by atoms with Gasteiger partial charge in [0.2, 0.25) is 0 Å². The lowest BCUT2D eigenvalue weighted by Crippen LogP contribution is -2.34. The van der Waals surface area contributed by atoms with Crippen molar-refractivity contribution in [3.63, 3.8) is 0 Å². The van der Waals surface area contributed by atoms with Crippen molar-refractivity contribution in [3.05, 3.63) is 142 Å². The molecule has 0 radical (unpaired) electrons.